The molecule has 2 atom stereocenters. The van der Waals surface area contributed by atoms with Crippen LogP contribution in [0.25, 0.3) is 0 Å². The molecule has 0 saturated heterocycles. The Morgan fingerprint density at radius 1 is 1.41 bits per heavy atom. The summed E-state index contributed by atoms with van der Waals surface area (Å²) in [6.07, 6.45) is 4.69. The molecule has 17 heavy (non-hydrogen) atoms. The van der Waals surface area contributed by atoms with Crippen molar-refractivity contribution in [3.63, 3.8) is 0 Å². The van der Waals surface area contributed by atoms with E-state index in [0.717, 1.165) is 18.8 Å². The molecule has 2 rings (SSSR count). The Labute approximate surface area is 110 Å². The van der Waals surface area contributed by atoms with Crippen LogP contribution < -0.4 is 0 Å². The van der Waals surface area contributed by atoms with Crippen molar-refractivity contribution in [2.24, 2.45) is 5.92 Å². The Kier molecular flexibility index (Phi) is 3.82. The average Bonchev–Trinajstić information content (AvgIpc) is 2.59. The van der Waals surface area contributed by atoms with Crippen LogP contribution >= 0.6 is 11.6 Å². The van der Waals surface area contributed by atoms with Crippen molar-refractivity contribution in [1.82, 2.24) is 0 Å². The summed E-state index contributed by atoms with van der Waals surface area (Å²) in [6.45, 7) is 6.92. The smallest absolute Gasteiger partial charge is 0.0344 e. The van der Waals surface area contributed by atoms with Crippen LogP contribution in [0.4, 0.5) is 0 Å². The lowest BCUT2D eigenvalue weighted by atomic mass is 9.80. The van der Waals surface area contributed by atoms with Crippen molar-refractivity contribution in [2.75, 3.05) is 0 Å². The molecule has 1 aromatic rings. The van der Waals surface area contributed by atoms with Gasteiger partial charge in [0, 0.05) is 5.38 Å². The van der Waals surface area contributed by atoms with Crippen molar-refractivity contribution in [1.29, 1.82) is 0 Å². The van der Waals surface area contributed by atoms with E-state index >= 15 is 0 Å². The van der Waals surface area contributed by atoms with Crippen molar-refractivity contribution < 1.29 is 0 Å². The van der Waals surface area contributed by atoms with Crippen molar-refractivity contribution in [3.8, 4) is 0 Å². The van der Waals surface area contributed by atoms with Gasteiger partial charge in [0.25, 0.3) is 0 Å². The second-order valence-corrected chi connectivity index (χ2v) is 6.82. The van der Waals surface area contributed by atoms with Crippen LogP contribution in [0.5, 0.6) is 0 Å². The monoisotopic (exact) mass is 250 g/mol. The number of rotatable bonds is 3. The van der Waals surface area contributed by atoms with Crippen LogP contribution in [-0.4, -0.2) is 5.38 Å². The molecule has 1 aliphatic carbocycles. The first kappa shape index (κ1) is 13.0. The van der Waals surface area contributed by atoms with Gasteiger partial charge in [-0.15, -0.1) is 11.6 Å². The molecule has 1 fully saturated rings. The molecule has 0 radical (unpaired) electrons. The first-order chi connectivity index (χ1) is 7.99. The van der Waals surface area contributed by atoms with E-state index in [1.807, 2.05) is 0 Å². The maximum Gasteiger partial charge on any atom is 0.0344 e. The van der Waals surface area contributed by atoms with Gasteiger partial charge in [-0.05, 0) is 48.1 Å². The summed E-state index contributed by atoms with van der Waals surface area (Å²) in [7, 11) is 0. The summed E-state index contributed by atoms with van der Waals surface area (Å²) in [5, 5.41) is 0.369. The van der Waals surface area contributed by atoms with Crippen LogP contribution in [-0.2, 0) is 11.8 Å². The third kappa shape index (κ3) is 3.04. The summed E-state index contributed by atoms with van der Waals surface area (Å²) < 4.78 is 0. The number of alkyl halides is 1. The minimum atomic E-state index is 0.305. The predicted molar refractivity (Wildman–Crippen MR) is 75.8 cm³/mol. The normalized spacial score (nSPS) is 28.9. The lowest BCUT2D eigenvalue weighted by molar-refractivity contribution is 0.491. The molecular formula is C16H23Cl. The maximum atomic E-state index is 6.27. The van der Waals surface area contributed by atoms with E-state index < -0.39 is 0 Å². The lowest BCUT2D eigenvalue weighted by Crippen LogP contribution is -2.18. The molecule has 0 bridgehead atoms. The van der Waals surface area contributed by atoms with Crippen LogP contribution in [0.15, 0.2) is 24.3 Å². The maximum absolute atomic E-state index is 6.27. The average molecular weight is 251 g/mol. The molecule has 0 nitrogen and oxygen atoms in total. The number of hydrogen-bond acceptors (Lipinski definition) is 0. The third-order valence-corrected chi connectivity index (χ3v) is 4.32. The van der Waals surface area contributed by atoms with Crippen LogP contribution in [0.2, 0.25) is 0 Å². The lowest BCUT2D eigenvalue weighted by Gasteiger charge is -2.25. The van der Waals surface area contributed by atoms with Gasteiger partial charge in [-0.25, -0.2) is 0 Å². The quantitative estimate of drug-likeness (QED) is 0.667. The number of halogens is 1. The molecule has 0 N–H and O–H groups in total. The third-order valence-electron chi connectivity index (χ3n) is 3.95. The molecule has 0 amide bonds. The largest absolute Gasteiger partial charge is 0.123 e. The zero-order valence-electron chi connectivity index (χ0n) is 11.2. The van der Waals surface area contributed by atoms with Gasteiger partial charge in [-0.3, -0.25) is 0 Å². The Balaban J connectivity index is 2.21. The van der Waals surface area contributed by atoms with Gasteiger partial charge in [-0.2, -0.15) is 0 Å². The molecule has 0 spiro atoms. The van der Waals surface area contributed by atoms with Gasteiger partial charge in [0.1, 0.15) is 0 Å². The topological polar surface area (TPSA) is 0 Å². The van der Waals surface area contributed by atoms with Gasteiger partial charge >= 0.3 is 0 Å². The first-order valence-corrected chi connectivity index (χ1v) is 7.17. The van der Waals surface area contributed by atoms with E-state index in [9.17, 15) is 0 Å². The molecule has 0 heterocycles. The standard InChI is InChI=1S/C16H23Cl/c1-12(2)9-13-5-4-6-14(10-13)16(3)8-7-15(17)11-16/h4-6,10,12,15H,7-9,11H2,1-3H3. The molecule has 1 saturated carbocycles. The molecule has 1 aliphatic rings. The van der Waals surface area contributed by atoms with Gasteiger partial charge in [0.05, 0.1) is 0 Å². The molecule has 1 heteroatoms. The van der Waals surface area contributed by atoms with Crippen LogP contribution in [0.1, 0.15) is 51.2 Å². The van der Waals surface area contributed by atoms with Gasteiger partial charge in [0.2, 0.25) is 0 Å². The van der Waals surface area contributed by atoms with E-state index in [4.69, 9.17) is 11.6 Å². The van der Waals surface area contributed by atoms with Crippen LogP contribution in [0, 0.1) is 5.92 Å². The zero-order valence-corrected chi connectivity index (χ0v) is 11.9. The van der Waals surface area contributed by atoms with E-state index in [0.29, 0.717) is 10.8 Å². The second-order valence-electron chi connectivity index (χ2n) is 6.20. The fraction of sp³-hybridized carbons (Fsp3) is 0.625. The van der Waals surface area contributed by atoms with E-state index in [2.05, 4.69) is 45.0 Å². The molecule has 0 aliphatic heterocycles. The van der Waals surface area contributed by atoms with E-state index in [-0.39, 0.29) is 0 Å². The fourth-order valence-corrected chi connectivity index (χ4v) is 3.43. The number of benzene rings is 1. The summed E-state index contributed by atoms with van der Waals surface area (Å²) >= 11 is 6.27. The Morgan fingerprint density at radius 3 is 2.76 bits per heavy atom. The zero-order chi connectivity index (χ0) is 12.5. The molecule has 0 aromatic heterocycles. The second kappa shape index (κ2) is 5.02. The number of hydrogen-bond donors (Lipinski definition) is 0. The summed E-state index contributed by atoms with van der Waals surface area (Å²) in [4.78, 5) is 0. The minimum absolute atomic E-state index is 0.305. The minimum Gasteiger partial charge on any atom is -0.123 e. The van der Waals surface area contributed by atoms with Crippen LogP contribution in [0.3, 0.4) is 0 Å². The van der Waals surface area contributed by atoms with Gasteiger partial charge < -0.3 is 0 Å². The summed E-state index contributed by atoms with van der Waals surface area (Å²) in [6, 6.07) is 9.13. The molecule has 1 aromatic carbocycles. The highest BCUT2D eigenvalue weighted by Gasteiger charge is 2.35. The highest BCUT2D eigenvalue weighted by molar-refractivity contribution is 6.20. The van der Waals surface area contributed by atoms with Gasteiger partial charge in [0.15, 0.2) is 0 Å². The highest BCUT2D eigenvalue weighted by atomic mass is 35.5. The first-order valence-electron chi connectivity index (χ1n) is 6.73. The summed E-state index contributed by atoms with van der Waals surface area (Å²) in [5.74, 6) is 0.724. The highest BCUT2D eigenvalue weighted by Crippen LogP contribution is 2.43. The Hall–Kier alpha value is -0.490. The Morgan fingerprint density at radius 2 is 2.18 bits per heavy atom. The molecule has 94 valence electrons. The fourth-order valence-electron chi connectivity index (χ4n) is 2.98. The predicted octanol–water partition coefficient (Wildman–Crippen LogP) is 4.93. The van der Waals surface area contributed by atoms with Crippen molar-refractivity contribution in [2.45, 2.75) is 57.2 Å². The SMILES string of the molecule is CC(C)Cc1cccc(C2(C)CCC(Cl)C2)c1. The molecular weight excluding hydrogens is 228 g/mol. The molecule has 2 unspecified atom stereocenters. The van der Waals surface area contributed by atoms with Crippen molar-refractivity contribution >= 4 is 11.6 Å². The van der Waals surface area contributed by atoms with Gasteiger partial charge in [-0.1, -0.05) is 45.0 Å². The Bertz CT molecular complexity index is 383. The van der Waals surface area contributed by atoms with Crippen molar-refractivity contribution in [3.05, 3.63) is 35.4 Å². The van der Waals surface area contributed by atoms with E-state index in [1.54, 1.807) is 0 Å². The summed E-state index contributed by atoms with van der Waals surface area (Å²) in [5.41, 5.74) is 3.26. The van der Waals surface area contributed by atoms with E-state index in [1.165, 1.54) is 24.0 Å².